The molecule has 1 unspecified atom stereocenters. The second-order valence-corrected chi connectivity index (χ2v) is 4.58. The molecule has 0 aromatic heterocycles. The van der Waals surface area contributed by atoms with Gasteiger partial charge in [-0.25, -0.2) is 4.39 Å². The number of nitro groups is 1. The van der Waals surface area contributed by atoms with Gasteiger partial charge < -0.3 is 4.90 Å². The van der Waals surface area contributed by atoms with Crippen molar-refractivity contribution in [2.75, 3.05) is 18.0 Å². The Morgan fingerprint density at radius 2 is 2.29 bits per heavy atom. The van der Waals surface area contributed by atoms with E-state index in [1.807, 2.05) is 4.90 Å². The van der Waals surface area contributed by atoms with Gasteiger partial charge in [0, 0.05) is 13.1 Å². The Morgan fingerprint density at radius 1 is 1.53 bits per heavy atom. The van der Waals surface area contributed by atoms with E-state index >= 15 is 0 Å². The zero-order chi connectivity index (χ0) is 12.4. The second-order valence-electron chi connectivity index (χ2n) is 4.58. The van der Waals surface area contributed by atoms with Gasteiger partial charge in [0.2, 0.25) is 0 Å². The lowest BCUT2D eigenvalue weighted by atomic mass is 9.99. The molecule has 1 heterocycles. The minimum atomic E-state index is -0.564. The Bertz CT molecular complexity index is 437. The minimum Gasteiger partial charge on any atom is -0.366 e. The van der Waals surface area contributed by atoms with Gasteiger partial charge >= 0.3 is 0 Å². The normalized spacial score (nSPS) is 20.4. The molecule has 0 amide bonds. The molecule has 1 saturated heterocycles. The van der Waals surface area contributed by atoms with Crippen molar-refractivity contribution >= 4 is 11.4 Å². The molecule has 0 spiro atoms. The summed E-state index contributed by atoms with van der Waals surface area (Å²) in [6.07, 6.45) is 2.17. The molecule has 1 aromatic carbocycles. The maximum atomic E-state index is 13.0. The average molecular weight is 238 g/mol. The fourth-order valence-corrected chi connectivity index (χ4v) is 2.32. The van der Waals surface area contributed by atoms with Crippen molar-refractivity contribution in [3.8, 4) is 0 Å². The largest absolute Gasteiger partial charge is 0.366 e. The highest BCUT2D eigenvalue weighted by Crippen LogP contribution is 2.31. The number of rotatable bonds is 2. The second kappa shape index (κ2) is 4.69. The molecule has 0 radical (unpaired) electrons. The molecule has 1 aromatic rings. The first kappa shape index (κ1) is 11.8. The first-order valence-electron chi connectivity index (χ1n) is 5.77. The summed E-state index contributed by atoms with van der Waals surface area (Å²) in [5.41, 5.74) is 0.391. The van der Waals surface area contributed by atoms with E-state index in [4.69, 9.17) is 0 Å². The third-order valence-corrected chi connectivity index (χ3v) is 3.13. The van der Waals surface area contributed by atoms with Crippen LogP contribution in [0.3, 0.4) is 0 Å². The van der Waals surface area contributed by atoms with Crippen LogP contribution in [-0.2, 0) is 0 Å². The molecule has 1 aliphatic heterocycles. The van der Waals surface area contributed by atoms with E-state index in [0.717, 1.165) is 32.0 Å². The minimum absolute atomic E-state index is 0.140. The Hall–Kier alpha value is -1.65. The maximum absolute atomic E-state index is 13.0. The van der Waals surface area contributed by atoms with E-state index in [-0.39, 0.29) is 5.69 Å². The predicted octanol–water partition coefficient (Wildman–Crippen LogP) is 2.97. The van der Waals surface area contributed by atoms with Crippen LogP contribution in [0.1, 0.15) is 19.8 Å². The van der Waals surface area contributed by atoms with Crippen LogP contribution in [0.15, 0.2) is 18.2 Å². The Kier molecular flexibility index (Phi) is 3.26. The van der Waals surface area contributed by atoms with Crippen LogP contribution in [0, 0.1) is 21.8 Å². The first-order valence-corrected chi connectivity index (χ1v) is 5.77. The summed E-state index contributed by atoms with van der Waals surface area (Å²) in [4.78, 5) is 12.4. The zero-order valence-corrected chi connectivity index (χ0v) is 9.73. The van der Waals surface area contributed by atoms with Gasteiger partial charge in [-0.05, 0) is 30.9 Å². The van der Waals surface area contributed by atoms with Crippen molar-refractivity contribution in [2.24, 2.45) is 5.92 Å². The van der Waals surface area contributed by atoms with Crippen molar-refractivity contribution in [2.45, 2.75) is 19.8 Å². The smallest absolute Gasteiger partial charge is 0.295 e. The highest BCUT2D eigenvalue weighted by atomic mass is 19.1. The first-order chi connectivity index (χ1) is 8.08. The molecule has 1 fully saturated rings. The third kappa shape index (κ3) is 2.54. The number of halogens is 1. The van der Waals surface area contributed by atoms with Crippen LogP contribution in [-0.4, -0.2) is 18.0 Å². The van der Waals surface area contributed by atoms with Crippen molar-refractivity contribution < 1.29 is 9.31 Å². The van der Waals surface area contributed by atoms with Crippen molar-refractivity contribution in [3.63, 3.8) is 0 Å². The van der Waals surface area contributed by atoms with Gasteiger partial charge in [-0.1, -0.05) is 6.92 Å². The summed E-state index contributed by atoms with van der Waals surface area (Å²) in [5, 5.41) is 10.9. The number of benzene rings is 1. The van der Waals surface area contributed by atoms with Gasteiger partial charge in [0.05, 0.1) is 11.0 Å². The molecule has 0 saturated carbocycles. The summed E-state index contributed by atoms with van der Waals surface area (Å²) in [5.74, 6) is -0.0427. The molecule has 17 heavy (non-hydrogen) atoms. The quantitative estimate of drug-likeness (QED) is 0.587. The van der Waals surface area contributed by atoms with Crippen LogP contribution in [0.25, 0.3) is 0 Å². The Labute approximate surface area is 99.2 Å². The molecule has 4 nitrogen and oxygen atoms in total. The summed E-state index contributed by atoms with van der Waals surface area (Å²) < 4.78 is 13.0. The van der Waals surface area contributed by atoms with Crippen molar-refractivity contribution in [1.29, 1.82) is 0 Å². The number of nitro benzene ring substituents is 1. The molecule has 1 aliphatic rings. The number of nitrogens with zero attached hydrogens (tertiary/aromatic N) is 2. The number of hydrogen-bond donors (Lipinski definition) is 0. The van der Waals surface area contributed by atoms with E-state index in [0.29, 0.717) is 11.6 Å². The maximum Gasteiger partial charge on any atom is 0.295 e. The topological polar surface area (TPSA) is 46.4 Å². The summed E-state index contributed by atoms with van der Waals surface area (Å²) in [7, 11) is 0. The molecular weight excluding hydrogens is 223 g/mol. The zero-order valence-electron chi connectivity index (χ0n) is 9.73. The van der Waals surface area contributed by atoms with Gasteiger partial charge in [0.25, 0.3) is 5.69 Å². The lowest BCUT2D eigenvalue weighted by Crippen LogP contribution is -2.34. The van der Waals surface area contributed by atoms with E-state index in [9.17, 15) is 14.5 Å². The molecule has 1 atom stereocenters. The summed E-state index contributed by atoms with van der Waals surface area (Å²) >= 11 is 0. The Balaban J connectivity index is 2.33. The lowest BCUT2D eigenvalue weighted by molar-refractivity contribution is -0.384. The van der Waals surface area contributed by atoms with E-state index in [1.54, 1.807) is 0 Å². The van der Waals surface area contributed by atoms with Gasteiger partial charge in [0.1, 0.15) is 11.5 Å². The highest BCUT2D eigenvalue weighted by Gasteiger charge is 2.24. The number of piperidine rings is 1. The summed E-state index contributed by atoms with van der Waals surface area (Å²) in [6, 6.07) is 3.78. The predicted molar refractivity (Wildman–Crippen MR) is 63.7 cm³/mol. The van der Waals surface area contributed by atoms with Gasteiger partial charge in [-0.3, -0.25) is 10.1 Å². The molecular formula is C12H15FN2O2. The fourth-order valence-electron chi connectivity index (χ4n) is 2.32. The van der Waals surface area contributed by atoms with Crippen molar-refractivity contribution in [1.82, 2.24) is 0 Å². The number of anilines is 1. The van der Waals surface area contributed by atoms with Gasteiger partial charge in [0.15, 0.2) is 0 Å². The number of hydrogen-bond acceptors (Lipinski definition) is 3. The van der Waals surface area contributed by atoms with E-state index in [1.165, 1.54) is 12.1 Å². The lowest BCUT2D eigenvalue weighted by Gasteiger charge is -2.32. The molecule has 92 valence electrons. The fraction of sp³-hybridized carbons (Fsp3) is 0.500. The molecule has 0 aliphatic carbocycles. The standard InChI is InChI=1S/C12H15FN2O2/c1-9-3-2-6-14(8-9)11-5-4-10(13)7-12(11)15(16)17/h4-5,7,9H,2-3,6,8H2,1H3. The SMILES string of the molecule is CC1CCCN(c2ccc(F)cc2[N+](=O)[O-])C1. The van der Waals surface area contributed by atoms with Crippen LogP contribution < -0.4 is 4.90 Å². The Morgan fingerprint density at radius 3 is 2.94 bits per heavy atom. The summed E-state index contributed by atoms with van der Waals surface area (Å²) in [6.45, 7) is 3.73. The molecule has 2 rings (SSSR count). The molecule has 0 N–H and O–H groups in total. The third-order valence-electron chi connectivity index (χ3n) is 3.13. The van der Waals surface area contributed by atoms with Crippen LogP contribution >= 0.6 is 0 Å². The highest BCUT2D eigenvalue weighted by molar-refractivity contribution is 5.63. The van der Waals surface area contributed by atoms with Crippen LogP contribution in [0.4, 0.5) is 15.8 Å². The van der Waals surface area contributed by atoms with Gasteiger partial charge in [-0.2, -0.15) is 0 Å². The van der Waals surface area contributed by atoms with Crippen LogP contribution in [0.5, 0.6) is 0 Å². The van der Waals surface area contributed by atoms with Gasteiger partial charge in [-0.15, -0.1) is 0 Å². The van der Waals surface area contributed by atoms with Crippen LogP contribution in [0.2, 0.25) is 0 Å². The van der Waals surface area contributed by atoms with Crippen molar-refractivity contribution in [3.05, 3.63) is 34.1 Å². The van der Waals surface area contributed by atoms with E-state index < -0.39 is 10.7 Å². The molecule has 5 heteroatoms. The average Bonchev–Trinajstić information content (AvgIpc) is 2.28. The molecule has 0 bridgehead atoms. The van der Waals surface area contributed by atoms with E-state index in [2.05, 4.69) is 6.92 Å². The monoisotopic (exact) mass is 238 g/mol.